The predicted octanol–water partition coefficient (Wildman–Crippen LogP) is 2.02. The summed E-state index contributed by atoms with van der Waals surface area (Å²) in [6.07, 6.45) is 6.87. The summed E-state index contributed by atoms with van der Waals surface area (Å²) in [5.41, 5.74) is 0.403. The topological polar surface area (TPSA) is 46.0 Å². The van der Waals surface area contributed by atoms with E-state index in [1.54, 1.807) is 6.20 Å². The lowest BCUT2D eigenvalue weighted by Crippen LogP contribution is -2.41. The minimum Gasteiger partial charge on any atom is -0.389 e. The molecule has 4 heteroatoms. The average Bonchev–Trinajstić information content (AvgIpc) is 2.63. The smallest absolute Gasteiger partial charge is 0.0771 e. The molecular weight excluding hydrogens is 196 g/mol. The number of rotatable bonds is 2. The molecule has 2 atom stereocenters. The Bertz CT molecular complexity index is 288. The van der Waals surface area contributed by atoms with Crippen LogP contribution in [0.15, 0.2) is 6.20 Å². The summed E-state index contributed by atoms with van der Waals surface area (Å²) in [6.45, 7) is 2.14. The molecule has 1 aromatic heterocycles. The van der Waals surface area contributed by atoms with E-state index in [9.17, 15) is 5.11 Å². The first-order valence-corrected chi connectivity index (χ1v) is 5.92. The molecule has 2 rings (SSSR count). The maximum Gasteiger partial charge on any atom is 0.0771 e. The molecule has 0 spiro atoms. The summed E-state index contributed by atoms with van der Waals surface area (Å²) in [6, 6.07) is 0. The highest BCUT2D eigenvalue weighted by atomic mass is 32.1. The van der Waals surface area contributed by atoms with E-state index in [0.29, 0.717) is 12.3 Å². The van der Waals surface area contributed by atoms with Crippen LogP contribution in [-0.4, -0.2) is 19.5 Å². The molecule has 1 heterocycles. The van der Waals surface area contributed by atoms with Gasteiger partial charge in [0.2, 0.25) is 0 Å². The van der Waals surface area contributed by atoms with Gasteiger partial charge in [-0.3, -0.25) is 0 Å². The lowest BCUT2D eigenvalue weighted by molar-refractivity contribution is -0.0411. The van der Waals surface area contributed by atoms with Crippen molar-refractivity contribution >= 4 is 11.7 Å². The molecule has 78 valence electrons. The molecule has 0 amide bonds. The third kappa shape index (κ3) is 1.96. The molecule has 3 nitrogen and oxygen atoms in total. The lowest BCUT2D eigenvalue weighted by atomic mass is 9.74. The normalized spacial score (nSPS) is 33.1. The summed E-state index contributed by atoms with van der Waals surface area (Å²) in [5, 5.41) is 10.4. The van der Waals surface area contributed by atoms with Crippen molar-refractivity contribution in [3.8, 4) is 0 Å². The Morgan fingerprint density at radius 1 is 1.64 bits per heavy atom. The fraction of sp³-hybridized carbons (Fsp3) is 0.800. The number of aliphatic hydroxyl groups is 1. The summed E-state index contributed by atoms with van der Waals surface area (Å²) in [7, 11) is 0. The Labute approximate surface area is 88.5 Å². The Hall–Kier alpha value is -0.480. The molecule has 0 aromatic carbocycles. The Morgan fingerprint density at radius 2 is 2.50 bits per heavy atom. The zero-order chi connectivity index (χ0) is 10.0. The molecule has 1 N–H and O–H groups in total. The van der Waals surface area contributed by atoms with Crippen molar-refractivity contribution in [1.82, 2.24) is 8.75 Å². The number of hydrogen-bond donors (Lipinski definition) is 1. The molecule has 1 saturated carbocycles. The van der Waals surface area contributed by atoms with Crippen molar-refractivity contribution in [3.63, 3.8) is 0 Å². The van der Waals surface area contributed by atoms with Crippen molar-refractivity contribution in [1.29, 1.82) is 0 Å². The zero-order valence-corrected chi connectivity index (χ0v) is 9.26. The van der Waals surface area contributed by atoms with Crippen LogP contribution in [0.5, 0.6) is 0 Å². The highest BCUT2D eigenvalue weighted by Crippen LogP contribution is 2.35. The molecule has 0 saturated heterocycles. The second-order valence-electron chi connectivity index (χ2n) is 4.33. The van der Waals surface area contributed by atoms with Crippen LogP contribution in [0, 0.1) is 5.92 Å². The standard InChI is InChI=1S/C10H16N2OS/c1-8-4-2-3-5-10(8,13)6-9-7-11-14-12-9/h7-8,13H,2-6H2,1H3. The van der Waals surface area contributed by atoms with E-state index in [0.717, 1.165) is 25.0 Å². The maximum atomic E-state index is 10.4. The van der Waals surface area contributed by atoms with Crippen molar-refractivity contribution in [2.75, 3.05) is 0 Å². The lowest BCUT2D eigenvalue weighted by Gasteiger charge is -2.37. The third-order valence-corrected chi connectivity index (χ3v) is 3.82. The van der Waals surface area contributed by atoms with Gasteiger partial charge in [0.05, 0.1) is 29.2 Å². The van der Waals surface area contributed by atoms with Gasteiger partial charge in [-0.25, -0.2) is 0 Å². The molecule has 0 bridgehead atoms. The van der Waals surface area contributed by atoms with Crippen LogP contribution < -0.4 is 0 Å². The van der Waals surface area contributed by atoms with Crippen LogP contribution >= 0.6 is 11.7 Å². The number of hydrogen-bond acceptors (Lipinski definition) is 4. The highest BCUT2D eigenvalue weighted by Gasteiger charge is 2.36. The average molecular weight is 212 g/mol. The van der Waals surface area contributed by atoms with E-state index in [-0.39, 0.29) is 0 Å². The molecule has 14 heavy (non-hydrogen) atoms. The van der Waals surface area contributed by atoms with Crippen LogP contribution in [0.1, 0.15) is 38.3 Å². The molecule has 1 fully saturated rings. The Kier molecular flexibility index (Phi) is 2.83. The van der Waals surface area contributed by atoms with Gasteiger partial charge in [-0.15, -0.1) is 0 Å². The SMILES string of the molecule is CC1CCCCC1(O)Cc1cnsn1. The van der Waals surface area contributed by atoms with Crippen LogP contribution in [0.4, 0.5) is 0 Å². The Balaban J connectivity index is 2.07. The largest absolute Gasteiger partial charge is 0.389 e. The zero-order valence-electron chi connectivity index (χ0n) is 8.44. The van der Waals surface area contributed by atoms with Gasteiger partial charge in [0, 0.05) is 6.42 Å². The summed E-state index contributed by atoms with van der Waals surface area (Å²) in [5.74, 6) is 0.387. The maximum absolute atomic E-state index is 10.4. The highest BCUT2D eigenvalue weighted by molar-refractivity contribution is 6.99. The monoisotopic (exact) mass is 212 g/mol. The predicted molar refractivity (Wildman–Crippen MR) is 56.2 cm³/mol. The molecule has 2 unspecified atom stereocenters. The second-order valence-corrected chi connectivity index (χ2v) is 4.88. The van der Waals surface area contributed by atoms with E-state index in [4.69, 9.17) is 0 Å². The quantitative estimate of drug-likeness (QED) is 0.815. The fourth-order valence-corrected chi connectivity index (χ4v) is 2.67. The molecule has 1 aliphatic rings. The van der Waals surface area contributed by atoms with Crippen molar-refractivity contribution in [2.24, 2.45) is 5.92 Å². The first kappa shape index (κ1) is 10.1. The van der Waals surface area contributed by atoms with Gasteiger partial charge in [0.1, 0.15) is 0 Å². The van der Waals surface area contributed by atoms with E-state index in [1.165, 1.54) is 18.1 Å². The second kappa shape index (κ2) is 3.95. The van der Waals surface area contributed by atoms with Gasteiger partial charge < -0.3 is 5.11 Å². The summed E-state index contributed by atoms with van der Waals surface area (Å²) in [4.78, 5) is 0. The molecular formula is C10H16N2OS. The summed E-state index contributed by atoms with van der Waals surface area (Å²) < 4.78 is 8.12. The third-order valence-electron chi connectivity index (χ3n) is 3.31. The van der Waals surface area contributed by atoms with Gasteiger partial charge in [0.25, 0.3) is 0 Å². The number of aromatic nitrogens is 2. The molecule has 0 radical (unpaired) electrons. The number of nitrogens with zero attached hydrogens (tertiary/aromatic N) is 2. The van der Waals surface area contributed by atoms with Gasteiger partial charge in [0.15, 0.2) is 0 Å². The van der Waals surface area contributed by atoms with Crippen LogP contribution in [0.3, 0.4) is 0 Å². The summed E-state index contributed by atoms with van der Waals surface area (Å²) >= 11 is 1.22. The van der Waals surface area contributed by atoms with Crippen LogP contribution in [0.2, 0.25) is 0 Å². The van der Waals surface area contributed by atoms with Gasteiger partial charge in [-0.2, -0.15) is 8.75 Å². The van der Waals surface area contributed by atoms with E-state index in [2.05, 4.69) is 15.7 Å². The van der Waals surface area contributed by atoms with Crippen molar-refractivity contribution in [3.05, 3.63) is 11.9 Å². The first-order chi connectivity index (χ1) is 6.71. The van der Waals surface area contributed by atoms with Crippen molar-refractivity contribution in [2.45, 2.75) is 44.6 Å². The minimum absolute atomic E-state index is 0.387. The van der Waals surface area contributed by atoms with E-state index in [1.807, 2.05) is 0 Å². The van der Waals surface area contributed by atoms with Crippen molar-refractivity contribution < 1.29 is 5.11 Å². The van der Waals surface area contributed by atoms with Gasteiger partial charge in [-0.1, -0.05) is 19.8 Å². The van der Waals surface area contributed by atoms with Crippen LogP contribution in [0.25, 0.3) is 0 Å². The van der Waals surface area contributed by atoms with Gasteiger partial charge in [-0.05, 0) is 18.8 Å². The van der Waals surface area contributed by atoms with E-state index < -0.39 is 5.60 Å². The minimum atomic E-state index is -0.534. The van der Waals surface area contributed by atoms with Crippen LogP contribution in [-0.2, 0) is 6.42 Å². The molecule has 0 aliphatic heterocycles. The fourth-order valence-electron chi connectivity index (χ4n) is 2.23. The van der Waals surface area contributed by atoms with Gasteiger partial charge >= 0.3 is 0 Å². The van der Waals surface area contributed by atoms with E-state index >= 15 is 0 Å². The first-order valence-electron chi connectivity index (χ1n) is 5.19. The Morgan fingerprint density at radius 3 is 3.14 bits per heavy atom. The molecule has 1 aliphatic carbocycles. The molecule has 1 aromatic rings.